The third-order valence-corrected chi connectivity index (χ3v) is 3.42. The van der Waals surface area contributed by atoms with Crippen molar-refractivity contribution in [2.24, 2.45) is 0 Å². The first-order valence-corrected chi connectivity index (χ1v) is 6.93. The Balaban J connectivity index is 1.76. The number of carboxylic acids is 1. The van der Waals surface area contributed by atoms with Crippen molar-refractivity contribution >= 4 is 17.8 Å². The number of rotatable bonds is 6. The Kier molecular flexibility index (Phi) is 4.92. The highest BCUT2D eigenvalue weighted by atomic mass is 16.4. The van der Waals surface area contributed by atoms with Gasteiger partial charge in [0.15, 0.2) is 0 Å². The minimum Gasteiger partial charge on any atom is -0.478 e. The van der Waals surface area contributed by atoms with Gasteiger partial charge in [0.05, 0.1) is 12.1 Å². The SMILES string of the molecule is O=C(CN1CCCC1=O)NCCc1cccc(C(=O)O)c1. The molecular formula is C15H18N2O4. The topological polar surface area (TPSA) is 86.7 Å². The summed E-state index contributed by atoms with van der Waals surface area (Å²) in [7, 11) is 0. The van der Waals surface area contributed by atoms with Gasteiger partial charge in [-0.25, -0.2) is 4.79 Å². The summed E-state index contributed by atoms with van der Waals surface area (Å²) >= 11 is 0. The van der Waals surface area contributed by atoms with Gasteiger partial charge in [-0.3, -0.25) is 9.59 Å². The van der Waals surface area contributed by atoms with Crippen LogP contribution in [0.3, 0.4) is 0 Å². The van der Waals surface area contributed by atoms with E-state index in [2.05, 4.69) is 5.32 Å². The van der Waals surface area contributed by atoms with Crippen LogP contribution in [0, 0.1) is 0 Å². The lowest BCUT2D eigenvalue weighted by Gasteiger charge is -2.14. The normalized spacial score (nSPS) is 14.3. The van der Waals surface area contributed by atoms with E-state index in [1.807, 2.05) is 6.07 Å². The molecule has 1 heterocycles. The van der Waals surface area contributed by atoms with Gasteiger partial charge in [0.1, 0.15) is 0 Å². The van der Waals surface area contributed by atoms with Gasteiger partial charge in [-0.15, -0.1) is 0 Å². The Bertz CT molecular complexity index is 556. The number of likely N-dealkylation sites (tertiary alicyclic amines) is 1. The van der Waals surface area contributed by atoms with E-state index in [0.29, 0.717) is 25.9 Å². The van der Waals surface area contributed by atoms with Gasteiger partial charge in [-0.05, 0) is 30.5 Å². The number of amides is 2. The average molecular weight is 290 g/mol. The standard InChI is InChI=1S/C15H18N2O4/c18-13(10-17-8-2-5-14(17)19)16-7-6-11-3-1-4-12(9-11)15(20)21/h1,3-4,9H,2,5-8,10H2,(H,16,18)(H,20,21). The maximum Gasteiger partial charge on any atom is 0.335 e. The van der Waals surface area contributed by atoms with Crippen LogP contribution in [0.15, 0.2) is 24.3 Å². The molecule has 0 aliphatic carbocycles. The fourth-order valence-corrected chi connectivity index (χ4v) is 2.31. The van der Waals surface area contributed by atoms with Gasteiger partial charge in [0.2, 0.25) is 11.8 Å². The van der Waals surface area contributed by atoms with E-state index < -0.39 is 5.97 Å². The van der Waals surface area contributed by atoms with Crippen molar-refractivity contribution in [1.82, 2.24) is 10.2 Å². The van der Waals surface area contributed by atoms with Gasteiger partial charge in [0, 0.05) is 19.5 Å². The molecule has 1 saturated heterocycles. The summed E-state index contributed by atoms with van der Waals surface area (Å²) in [5.41, 5.74) is 1.09. The number of nitrogens with zero attached hydrogens (tertiary/aromatic N) is 1. The zero-order valence-corrected chi connectivity index (χ0v) is 11.7. The van der Waals surface area contributed by atoms with Crippen molar-refractivity contribution in [1.29, 1.82) is 0 Å². The molecule has 0 unspecified atom stereocenters. The lowest BCUT2D eigenvalue weighted by molar-refractivity contribution is -0.133. The van der Waals surface area contributed by atoms with Crippen molar-refractivity contribution < 1.29 is 19.5 Å². The van der Waals surface area contributed by atoms with Crippen molar-refractivity contribution in [3.8, 4) is 0 Å². The molecule has 0 radical (unpaired) electrons. The van der Waals surface area contributed by atoms with Gasteiger partial charge < -0.3 is 15.3 Å². The summed E-state index contributed by atoms with van der Waals surface area (Å²) in [5, 5.41) is 11.6. The van der Waals surface area contributed by atoms with Crippen LogP contribution < -0.4 is 5.32 Å². The summed E-state index contributed by atoms with van der Waals surface area (Å²) in [6.45, 7) is 1.17. The molecule has 2 N–H and O–H groups in total. The number of carbonyl (C=O) groups excluding carboxylic acids is 2. The molecule has 1 aliphatic rings. The van der Waals surface area contributed by atoms with E-state index in [-0.39, 0.29) is 23.9 Å². The van der Waals surface area contributed by atoms with E-state index in [0.717, 1.165) is 12.0 Å². The first-order chi connectivity index (χ1) is 10.1. The van der Waals surface area contributed by atoms with E-state index in [1.54, 1.807) is 17.0 Å². The molecule has 0 atom stereocenters. The predicted octanol–water partition coefficient (Wildman–Crippen LogP) is 0.666. The number of nitrogens with one attached hydrogen (secondary N) is 1. The molecule has 1 aromatic carbocycles. The van der Waals surface area contributed by atoms with Crippen molar-refractivity contribution in [3.63, 3.8) is 0 Å². The monoisotopic (exact) mass is 290 g/mol. The minimum absolute atomic E-state index is 0.0271. The zero-order valence-electron chi connectivity index (χ0n) is 11.7. The van der Waals surface area contributed by atoms with Gasteiger partial charge >= 0.3 is 5.97 Å². The highest BCUT2D eigenvalue weighted by Crippen LogP contribution is 2.08. The zero-order chi connectivity index (χ0) is 15.2. The van der Waals surface area contributed by atoms with Crippen LogP contribution in [0.1, 0.15) is 28.8 Å². The largest absolute Gasteiger partial charge is 0.478 e. The predicted molar refractivity (Wildman–Crippen MR) is 75.9 cm³/mol. The fourth-order valence-electron chi connectivity index (χ4n) is 2.31. The minimum atomic E-state index is -0.964. The number of carbonyl (C=O) groups is 3. The van der Waals surface area contributed by atoms with E-state index in [1.165, 1.54) is 6.07 Å². The van der Waals surface area contributed by atoms with Gasteiger partial charge in [-0.1, -0.05) is 12.1 Å². The number of carboxylic acid groups (broad SMARTS) is 1. The summed E-state index contributed by atoms with van der Waals surface area (Å²) in [6.07, 6.45) is 1.89. The first kappa shape index (κ1) is 15.0. The highest BCUT2D eigenvalue weighted by Gasteiger charge is 2.21. The molecule has 0 aromatic heterocycles. The summed E-state index contributed by atoms with van der Waals surface area (Å²) < 4.78 is 0. The molecule has 6 nitrogen and oxygen atoms in total. The summed E-state index contributed by atoms with van der Waals surface area (Å²) in [5.74, 6) is -1.12. The third kappa shape index (κ3) is 4.30. The number of benzene rings is 1. The van der Waals surface area contributed by atoms with Gasteiger partial charge in [0.25, 0.3) is 0 Å². The molecule has 1 aliphatic heterocycles. The van der Waals surface area contributed by atoms with Crippen molar-refractivity contribution in [3.05, 3.63) is 35.4 Å². The maximum absolute atomic E-state index is 11.7. The lowest BCUT2D eigenvalue weighted by Crippen LogP contribution is -2.38. The molecule has 21 heavy (non-hydrogen) atoms. The van der Waals surface area contributed by atoms with Crippen LogP contribution in [0.25, 0.3) is 0 Å². The van der Waals surface area contributed by atoms with Crippen LogP contribution >= 0.6 is 0 Å². The maximum atomic E-state index is 11.7. The smallest absolute Gasteiger partial charge is 0.335 e. The van der Waals surface area contributed by atoms with Crippen molar-refractivity contribution in [2.75, 3.05) is 19.6 Å². The molecular weight excluding hydrogens is 272 g/mol. The van der Waals surface area contributed by atoms with Crippen LogP contribution in [0.5, 0.6) is 0 Å². The number of aromatic carboxylic acids is 1. The second kappa shape index (κ2) is 6.88. The van der Waals surface area contributed by atoms with Crippen LogP contribution in [0.4, 0.5) is 0 Å². The molecule has 112 valence electrons. The van der Waals surface area contributed by atoms with Crippen LogP contribution in [0.2, 0.25) is 0 Å². The Morgan fingerprint density at radius 2 is 2.14 bits per heavy atom. The molecule has 0 saturated carbocycles. The average Bonchev–Trinajstić information content (AvgIpc) is 2.84. The molecule has 2 amide bonds. The van der Waals surface area contributed by atoms with Crippen LogP contribution in [-0.2, 0) is 16.0 Å². The van der Waals surface area contributed by atoms with E-state index in [4.69, 9.17) is 5.11 Å². The molecule has 0 bridgehead atoms. The first-order valence-electron chi connectivity index (χ1n) is 6.93. The summed E-state index contributed by atoms with van der Waals surface area (Å²) in [4.78, 5) is 35.5. The molecule has 2 rings (SSSR count). The fraction of sp³-hybridized carbons (Fsp3) is 0.400. The molecule has 0 spiro atoms. The van der Waals surface area contributed by atoms with Crippen LogP contribution in [-0.4, -0.2) is 47.4 Å². The van der Waals surface area contributed by atoms with Crippen molar-refractivity contribution in [2.45, 2.75) is 19.3 Å². The number of hydrogen-bond donors (Lipinski definition) is 2. The molecule has 1 fully saturated rings. The number of hydrogen-bond acceptors (Lipinski definition) is 3. The Hall–Kier alpha value is -2.37. The lowest BCUT2D eigenvalue weighted by atomic mass is 10.1. The Morgan fingerprint density at radius 3 is 2.81 bits per heavy atom. The quantitative estimate of drug-likeness (QED) is 0.806. The Morgan fingerprint density at radius 1 is 1.33 bits per heavy atom. The second-order valence-corrected chi connectivity index (χ2v) is 5.02. The van der Waals surface area contributed by atoms with E-state index >= 15 is 0 Å². The molecule has 1 aromatic rings. The van der Waals surface area contributed by atoms with E-state index in [9.17, 15) is 14.4 Å². The summed E-state index contributed by atoms with van der Waals surface area (Å²) in [6, 6.07) is 6.63. The third-order valence-electron chi connectivity index (χ3n) is 3.42. The second-order valence-electron chi connectivity index (χ2n) is 5.02. The highest BCUT2D eigenvalue weighted by molar-refractivity contribution is 5.87. The molecule has 6 heteroatoms. The van der Waals surface area contributed by atoms with Gasteiger partial charge in [-0.2, -0.15) is 0 Å². The Labute approximate surface area is 122 Å².